The van der Waals surface area contributed by atoms with Crippen molar-refractivity contribution in [3.05, 3.63) is 16.0 Å². The first-order valence-corrected chi connectivity index (χ1v) is 7.19. The fourth-order valence-electron chi connectivity index (χ4n) is 2.19. The summed E-state index contributed by atoms with van der Waals surface area (Å²) in [6.45, 7) is 0.641. The van der Waals surface area contributed by atoms with Crippen LogP contribution in [-0.4, -0.2) is 43.9 Å². The van der Waals surface area contributed by atoms with Crippen LogP contribution in [0.1, 0.15) is 27.2 Å². The maximum Gasteiger partial charge on any atom is 0.339 e. The number of aromatic carboxylic acids is 1. The van der Waals surface area contributed by atoms with Crippen molar-refractivity contribution in [1.29, 1.82) is 0 Å². The van der Waals surface area contributed by atoms with Crippen LogP contribution < -0.4 is 5.32 Å². The Morgan fingerprint density at radius 3 is 2.85 bits per heavy atom. The van der Waals surface area contributed by atoms with Crippen LogP contribution in [-0.2, 0) is 27.1 Å². The van der Waals surface area contributed by atoms with E-state index in [-0.39, 0.29) is 18.1 Å². The number of anilines is 1. The number of amides is 1. The molecule has 0 spiro atoms. The minimum atomic E-state index is -0.986. The molecule has 6 nitrogen and oxygen atoms in total. The minimum absolute atomic E-state index is 0.106. The number of ether oxygens (including phenoxy) is 2. The molecule has 0 aliphatic heterocycles. The van der Waals surface area contributed by atoms with Crippen LogP contribution in [0.25, 0.3) is 0 Å². The molecule has 110 valence electrons. The lowest BCUT2D eigenvalue weighted by molar-refractivity contribution is -0.121. The number of carbonyl (C=O) groups excluding carboxylic acids is 1. The fourth-order valence-corrected chi connectivity index (χ4v) is 3.49. The summed E-state index contributed by atoms with van der Waals surface area (Å²) in [6.07, 6.45) is 2.64. The summed E-state index contributed by atoms with van der Waals surface area (Å²) in [5.41, 5.74) is 1.12. The monoisotopic (exact) mass is 299 g/mol. The van der Waals surface area contributed by atoms with Crippen LogP contribution in [0.5, 0.6) is 0 Å². The lowest BCUT2D eigenvalue weighted by Crippen LogP contribution is -2.20. The van der Waals surface area contributed by atoms with Crippen molar-refractivity contribution in [3.8, 4) is 0 Å². The Bertz CT molecular complexity index is 511. The summed E-state index contributed by atoms with van der Waals surface area (Å²) in [4.78, 5) is 24.1. The van der Waals surface area contributed by atoms with Crippen LogP contribution >= 0.6 is 11.3 Å². The molecule has 0 saturated heterocycles. The summed E-state index contributed by atoms with van der Waals surface area (Å²) in [5, 5.41) is 12.3. The third-order valence-electron chi connectivity index (χ3n) is 3.05. The molecule has 0 saturated carbocycles. The van der Waals surface area contributed by atoms with Gasteiger partial charge in [-0.15, -0.1) is 11.3 Å². The van der Waals surface area contributed by atoms with E-state index in [0.29, 0.717) is 18.2 Å². The second kappa shape index (κ2) is 6.83. The second-order valence-corrected chi connectivity index (χ2v) is 5.57. The molecule has 0 atom stereocenters. The minimum Gasteiger partial charge on any atom is -0.478 e. The van der Waals surface area contributed by atoms with E-state index in [9.17, 15) is 14.7 Å². The van der Waals surface area contributed by atoms with E-state index in [2.05, 4.69) is 5.32 Å². The van der Waals surface area contributed by atoms with Gasteiger partial charge >= 0.3 is 5.97 Å². The number of nitrogens with one attached hydrogen (secondary N) is 1. The molecule has 1 aromatic heterocycles. The van der Waals surface area contributed by atoms with Gasteiger partial charge in [-0.3, -0.25) is 4.79 Å². The number of carbonyl (C=O) groups is 2. The standard InChI is InChI=1S/C13H17NO5S/c1-18-5-6-19-7-10(15)14-12-11(13(16)17)8-3-2-4-9(8)20-12/h2-7H2,1H3,(H,14,15)(H,16,17). The zero-order valence-corrected chi connectivity index (χ0v) is 12.0. The average Bonchev–Trinajstić information content (AvgIpc) is 2.94. The number of methoxy groups -OCH3 is 1. The van der Waals surface area contributed by atoms with Crippen LogP contribution in [0, 0.1) is 0 Å². The highest BCUT2D eigenvalue weighted by atomic mass is 32.1. The summed E-state index contributed by atoms with van der Waals surface area (Å²) < 4.78 is 9.91. The van der Waals surface area contributed by atoms with Crippen molar-refractivity contribution in [2.24, 2.45) is 0 Å². The van der Waals surface area contributed by atoms with Crippen molar-refractivity contribution >= 4 is 28.2 Å². The van der Waals surface area contributed by atoms with E-state index >= 15 is 0 Å². The van der Waals surface area contributed by atoms with Gasteiger partial charge in [0.1, 0.15) is 11.6 Å². The van der Waals surface area contributed by atoms with Gasteiger partial charge in [0.15, 0.2) is 0 Å². The first-order valence-electron chi connectivity index (χ1n) is 6.38. The molecule has 2 N–H and O–H groups in total. The third-order valence-corrected chi connectivity index (χ3v) is 4.26. The number of carboxylic acids is 1. The molecule has 1 aromatic rings. The van der Waals surface area contributed by atoms with Gasteiger partial charge in [-0.25, -0.2) is 4.79 Å². The normalized spacial score (nSPS) is 13.2. The fraction of sp³-hybridized carbons (Fsp3) is 0.538. The topological polar surface area (TPSA) is 84.9 Å². The Morgan fingerprint density at radius 2 is 2.15 bits per heavy atom. The van der Waals surface area contributed by atoms with E-state index < -0.39 is 5.97 Å². The zero-order valence-electron chi connectivity index (χ0n) is 11.2. The van der Waals surface area contributed by atoms with E-state index in [0.717, 1.165) is 29.7 Å². The quantitative estimate of drug-likeness (QED) is 0.746. The van der Waals surface area contributed by atoms with Gasteiger partial charge < -0.3 is 19.9 Å². The third kappa shape index (κ3) is 3.36. The Balaban J connectivity index is 1.99. The van der Waals surface area contributed by atoms with E-state index in [4.69, 9.17) is 9.47 Å². The molecular weight excluding hydrogens is 282 g/mol. The van der Waals surface area contributed by atoms with Gasteiger partial charge in [-0.2, -0.15) is 0 Å². The summed E-state index contributed by atoms with van der Waals surface area (Å²) in [7, 11) is 1.55. The molecule has 0 fully saturated rings. The number of thiophene rings is 1. The lowest BCUT2D eigenvalue weighted by Gasteiger charge is -2.06. The first kappa shape index (κ1) is 15.0. The van der Waals surface area contributed by atoms with Crippen molar-refractivity contribution in [1.82, 2.24) is 0 Å². The SMILES string of the molecule is COCCOCC(=O)Nc1sc2c(c1C(=O)O)CCC2. The molecule has 2 rings (SSSR count). The Labute approximate surface area is 120 Å². The molecule has 1 amide bonds. The molecule has 1 aliphatic rings. The van der Waals surface area contributed by atoms with Gasteiger partial charge in [-0.1, -0.05) is 0 Å². The lowest BCUT2D eigenvalue weighted by atomic mass is 10.1. The van der Waals surface area contributed by atoms with Gasteiger partial charge in [0.2, 0.25) is 0 Å². The molecule has 1 aliphatic carbocycles. The number of hydrogen-bond donors (Lipinski definition) is 2. The maximum atomic E-state index is 11.7. The van der Waals surface area contributed by atoms with E-state index in [1.54, 1.807) is 7.11 Å². The van der Waals surface area contributed by atoms with Gasteiger partial charge in [0.25, 0.3) is 5.91 Å². The molecular formula is C13H17NO5S. The number of aryl methyl sites for hydroxylation is 1. The smallest absolute Gasteiger partial charge is 0.339 e. The number of carboxylic acid groups (broad SMARTS) is 1. The van der Waals surface area contributed by atoms with E-state index in [1.807, 2.05) is 0 Å². The summed E-state index contributed by atoms with van der Waals surface area (Å²) in [6, 6.07) is 0. The Hall–Kier alpha value is -1.44. The van der Waals surface area contributed by atoms with Crippen LogP contribution in [0.3, 0.4) is 0 Å². The molecule has 1 heterocycles. The zero-order chi connectivity index (χ0) is 14.5. The van der Waals surface area contributed by atoms with E-state index in [1.165, 1.54) is 11.3 Å². The van der Waals surface area contributed by atoms with Gasteiger partial charge in [0, 0.05) is 12.0 Å². The van der Waals surface area contributed by atoms with Crippen LogP contribution in [0.2, 0.25) is 0 Å². The number of fused-ring (bicyclic) bond motifs is 1. The number of rotatable bonds is 7. The molecule has 0 bridgehead atoms. The number of hydrogen-bond acceptors (Lipinski definition) is 5. The summed E-state index contributed by atoms with van der Waals surface area (Å²) in [5.74, 6) is -1.33. The molecule has 0 radical (unpaired) electrons. The van der Waals surface area contributed by atoms with Crippen molar-refractivity contribution in [2.75, 3.05) is 32.2 Å². The van der Waals surface area contributed by atoms with Crippen LogP contribution in [0.4, 0.5) is 5.00 Å². The van der Waals surface area contributed by atoms with Crippen molar-refractivity contribution < 1.29 is 24.2 Å². The van der Waals surface area contributed by atoms with Gasteiger partial charge in [0.05, 0.1) is 18.8 Å². The predicted molar refractivity (Wildman–Crippen MR) is 74.6 cm³/mol. The Kier molecular flexibility index (Phi) is 5.11. The first-order chi connectivity index (χ1) is 9.63. The average molecular weight is 299 g/mol. The highest BCUT2D eigenvalue weighted by Gasteiger charge is 2.27. The summed E-state index contributed by atoms with van der Waals surface area (Å²) >= 11 is 1.36. The van der Waals surface area contributed by atoms with Crippen LogP contribution in [0.15, 0.2) is 0 Å². The Morgan fingerprint density at radius 1 is 1.35 bits per heavy atom. The highest BCUT2D eigenvalue weighted by Crippen LogP contribution is 2.38. The molecule has 0 aromatic carbocycles. The molecule has 7 heteroatoms. The molecule has 20 heavy (non-hydrogen) atoms. The maximum absolute atomic E-state index is 11.7. The highest BCUT2D eigenvalue weighted by molar-refractivity contribution is 7.17. The van der Waals surface area contributed by atoms with Crippen molar-refractivity contribution in [2.45, 2.75) is 19.3 Å². The van der Waals surface area contributed by atoms with Gasteiger partial charge in [-0.05, 0) is 24.8 Å². The second-order valence-electron chi connectivity index (χ2n) is 4.46. The van der Waals surface area contributed by atoms with Crippen molar-refractivity contribution in [3.63, 3.8) is 0 Å². The predicted octanol–water partition coefficient (Wildman–Crippen LogP) is 1.54. The molecule has 0 unspecified atom stereocenters. The largest absolute Gasteiger partial charge is 0.478 e.